The van der Waals surface area contributed by atoms with Crippen LogP contribution in [0.25, 0.3) is 0 Å². The topological polar surface area (TPSA) is 96.0 Å². The molecule has 0 aliphatic heterocycles. The largest absolute Gasteiger partial charge is 0.465 e. The molecule has 0 heterocycles. The fraction of sp³-hybridized carbons (Fsp3) is 0.840. The molecule has 32 heavy (non-hydrogen) atoms. The third-order valence-electron chi connectivity index (χ3n) is 9.17. The Morgan fingerprint density at radius 3 is 2.31 bits per heavy atom. The minimum Gasteiger partial charge on any atom is -0.465 e. The number of hydrogen-bond acceptors (Lipinski definition) is 7. The van der Waals surface area contributed by atoms with E-state index in [1.54, 1.807) is 0 Å². The Kier molecular flexibility index (Phi) is 6.14. The molecule has 8 atom stereocenters. The molecule has 0 spiro atoms. The molecule has 0 aromatic heterocycles. The van der Waals surface area contributed by atoms with Gasteiger partial charge in [-0.2, -0.15) is 0 Å². The first-order valence-corrected chi connectivity index (χ1v) is 12.0. The van der Waals surface area contributed by atoms with Gasteiger partial charge >= 0.3 is 17.9 Å². The Balaban J connectivity index is 1.67. The lowest BCUT2D eigenvalue weighted by Crippen LogP contribution is -2.58. The van der Waals surface area contributed by atoms with Crippen molar-refractivity contribution in [3.8, 4) is 0 Å². The normalized spacial score (nSPS) is 42.8. The van der Waals surface area contributed by atoms with Gasteiger partial charge in [-0.1, -0.05) is 6.92 Å². The van der Waals surface area contributed by atoms with Gasteiger partial charge in [0.15, 0.2) is 0 Å². The van der Waals surface area contributed by atoms with E-state index in [9.17, 15) is 19.2 Å². The number of ketones is 1. The Bertz CT molecular complexity index is 806. The molecule has 0 amide bonds. The molecular formula is C25H36O7. The first-order chi connectivity index (χ1) is 15.0. The summed E-state index contributed by atoms with van der Waals surface area (Å²) in [5.74, 6) is 0.345. The second kappa shape index (κ2) is 8.45. The molecule has 0 radical (unpaired) electrons. The molecule has 4 rings (SSSR count). The predicted octanol–water partition coefficient (Wildman–Crippen LogP) is 3.61. The first kappa shape index (κ1) is 23.2. The fourth-order valence-electron chi connectivity index (χ4n) is 8.00. The molecule has 0 aromatic carbocycles. The summed E-state index contributed by atoms with van der Waals surface area (Å²) in [6, 6.07) is 0. The highest BCUT2D eigenvalue weighted by atomic mass is 16.5. The number of hydrogen-bond donors (Lipinski definition) is 0. The molecule has 7 nitrogen and oxygen atoms in total. The van der Waals surface area contributed by atoms with E-state index in [4.69, 9.17) is 14.2 Å². The van der Waals surface area contributed by atoms with Gasteiger partial charge in [0.25, 0.3) is 0 Å². The fourth-order valence-corrected chi connectivity index (χ4v) is 8.00. The molecular weight excluding hydrogens is 412 g/mol. The zero-order valence-corrected chi connectivity index (χ0v) is 19.7. The van der Waals surface area contributed by atoms with E-state index in [0.717, 1.165) is 32.1 Å². The highest BCUT2D eigenvalue weighted by molar-refractivity contribution is 5.80. The number of rotatable bonds is 4. The van der Waals surface area contributed by atoms with Gasteiger partial charge in [0, 0.05) is 44.9 Å². The highest BCUT2D eigenvalue weighted by Gasteiger charge is 2.64. The van der Waals surface area contributed by atoms with Crippen LogP contribution in [-0.4, -0.2) is 42.5 Å². The Labute approximate surface area is 189 Å². The Morgan fingerprint density at radius 1 is 0.938 bits per heavy atom. The monoisotopic (exact) mass is 448 g/mol. The van der Waals surface area contributed by atoms with Crippen LogP contribution in [0.1, 0.15) is 79.1 Å². The number of carbonyl (C=O) groups is 4. The average Bonchev–Trinajstić information content (AvgIpc) is 3.05. The van der Waals surface area contributed by atoms with Crippen molar-refractivity contribution in [1.82, 2.24) is 0 Å². The maximum atomic E-state index is 12.3. The minimum atomic E-state index is -0.306. The van der Waals surface area contributed by atoms with Crippen LogP contribution in [0.2, 0.25) is 0 Å². The van der Waals surface area contributed by atoms with E-state index in [1.807, 2.05) is 0 Å². The lowest BCUT2D eigenvalue weighted by molar-refractivity contribution is -0.189. The molecule has 4 fully saturated rings. The van der Waals surface area contributed by atoms with Crippen LogP contribution in [0.15, 0.2) is 0 Å². The summed E-state index contributed by atoms with van der Waals surface area (Å²) in [6.07, 6.45) is 5.50. The summed E-state index contributed by atoms with van der Waals surface area (Å²) in [7, 11) is 0. The van der Waals surface area contributed by atoms with Gasteiger partial charge in [-0.15, -0.1) is 0 Å². The van der Waals surface area contributed by atoms with Gasteiger partial charge in [0.2, 0.25) is 0 Å². The van der Waals surface area contributed by atoms with Crippen LogP contribution >= 0.6 is 0 Å². The summed E-state index contributed by atoms with van der Waals surface area (Å²) in [4.78, 5) is 47.7. The van der Waals surface area contributed by atoms with Gasteiger partial charge < -0.3 is 14.2 Å². The van der Waals surface area contributed by atoms with Crippen LogP contribution in [0.4, 0.5) is 0 Å². The van der Waals surface area contributed by atoms with Gasteiger partial charge in [0.1, 0.15) is 18.0 Å². The van der Waals surface area contributed by atoms with Gasteiger partial charge in [-0.3, -0.25) is 19.2 Å². The predicted molar refractivity (Wildman–Crippen MR) is 114 cm³/mol. The zero-order chi connectivity index (χ0) is 23.3. The summed E-state index contributed by atoms with van der Waals surface area (Å²) in [5, 5.41) is 0. The van der Waals surface area contributed by atoms with Gasteiger partial charge in [-0.25, -0.2) is 0 Å². The summed E-state index contributed by atoms with van der Waals surface area (Å²) < 4.78 is 17.0. The maximum Gasteiger partial charge on any atom is 0.302 e. The third-order valence-corrected chi connectivity index (χ3v) is 9.17. The van der Waals surface area contributed by atoms with Gasteiger partial charge in [0.05, 0.1) is 6.61 Å². The summed E-state index contributed by atoms with van der Waals surface area (Å²) in [5.41, 5.74) is -0.286. The summed E-state index contributed by atoms with van der Waals surface area (Å²) in [6.45, 7) is 6.93. The molecule has 178 valence electrons. The smallest absolute Gasteiger partial charge is 0.302 e. The van der Waals surface area contributed by atoms with E-state index >= 15 is 0 Å². The number of fused-ring (bicyclic) bond motifs is 5. The lowest BCUT2D eigenvalue weighted by atomic mass is 9.44. The lowest BCUT2D eigenvalue weighted by Gasteiger charge is -2.61. The van der Waals surface area contributed by atoms with E-state index in [2.05, 4.69) is 6.92 Å². The highest BCUT2D eigenvalue weighted by Crippen LogP contribution is 2.66. The average molecular weight is 449 g/mol. The Hall–Kier alpha value is -1.92. The second-order valence-corrected chi connectivity index (χ2v) is 11.0. The van der Waals surface area contributed by atoms with E-state index < -0.39 is 0 Å². The third kappa shape index (κ3) is 4.08. The van der Waals surface area contributed by atoms with Crippen molar-refractivity contribution in [2.24, 2.45) is 34.5 Å². The van der Waals surface area contributed by atoms with Crippen molar-refractivity contribution in [2.75, 3.05) is 6.61 Å². The SMILES string of the molecule is CC(=O)OCC12CCC3C(CC(OC(C)=O)[C@H]4CC(=O)CCC34C)C1CC(OC(C)=O)C2. The number of carbonyl (C=O) groups excluding carboxylic acids is 4. The number of Topliss-reactive ketones (excluding diaryl/α,β-unsaturated/α-hetero) is 1. The number of ether oxygens (including phenoxy) is 3. The second-order valence-electron chi connectivity index (χ2n) is 11.0. The molecule has 7 heteroatoms. The molecule has 4 aliphatic carbocycles. The molecule has 0 N–H and O–H groups in total. The van der Waals surface area contributed by atoms with Gasteiger partial charge in [-0.05, 0) is 61.7 Å². The van der Waals surface area contributed by atoms with Crippen molar-refractivity contribution in [3.05, 3.63) is 0 Å². The first-order valence-electron chi connectivity index (χ1n) is 12.0. The Morgan fingerprint density at radius 2 is 1.66 bits per heavy atom. The standard InChI is InChI=1S/C25H36O7/c1-14(26)30-13-25-8-6-20-19(21(25)10-18(12-25)31-15(2)27)11-23(32-16(3)28)22-9-17(29)5-7-24(20,22)4/h18-23H,5-13H2,1-4H3/t18?,19?,20?,21?,22-,23?,24?,25?/m1/s1. The molecule has 0 saturated heterocycles. The summed E-state index contributed by atoms with van der Waals surface area (Å²) >= 11 is 0. The molecule has 0 bridgehead atoms. The van der Waals surface area contributed by atoms with E-state index in [0.29, 0.717) is 31.8 Å². The van der Waals surface area contributed by atoms with E-state index in [1.165, 1.54) is 20.8 Å². The van der Waals surface area contributed by atoms with Crippen molar-refractivity contribution in [2.45, 2.75) is 91.3 Å². The van der Waals surface area contributed by atoms with Crippen LogP contribution in [0, 0.1) is 34.5 Å². The van der Waals surface area contributed by atoms with Crippen molar-refractivity contribution >= 4 is 23.7 Å². The molecule has 0 aromatic rings. The van der Waals surface area contributed by atoms with Crippen molar-refractivity contribution < 1.29 is 33.4 Å². The zero-order valence-electron chi connectivity index (χ0n) is 19.7. The van der Waals surface area contributed by atoms with Crippen LogP contribution in [-0.2, 0) is 33.4 Å². The maximum absolute atomic E-state index is 12.3. The van der Waals surface area contributed by atoms with Crippen LogP contribution < -0.4 is 0 Å². The van der Waals surface area contributed by atoms with E-state index in [-0.39, 0.29) is 64.5 Å². The quantitative estimate of drug-likeness (QED) is 0.479. The molecule has 7 unspecified atom stereocenters. The van der Waals surface area contributed by atoms with Crippen molar-refractivity contribution in [3.63, 3.8) is 0 Å². The molecule has 4 saturated carbocycles. The van der Waals surface area contributed by atoms with Crippen LogP contribution in [0.5, 0.6) is 0 Å². The molecule has 4 aliphatic rings. The number of esters is 3. The van der Waals surface area contributed by atoms with Crippen LogP contribution in [0.3, 0.4) is 0 Å². The van der Waals surface area contributed by atoms with Crippen molar-refractivity contribution in [1.29, 1.82) is 0 Å². The minimum absolute atomic E-state index is 0.0561.